The molecule has 0 heterocycles. The van der Waals surface area contributed by atoms with Crippen molar-refractivity contribution in [2.24, 2.45) is 5.84 Å². The van der Waals surface area contributed by atoms with Gasteiger partial charge >= 0.3 is 0 Å². The van der Waals surface area contributed by atoms with E-state index in [1.807, 2.05) is 12.1 Å². The maximum absolute atomic E-state index is 12.1. The molecule has 1 saturated carbocycles. The Morgan fingerprint density at radius 3 is 2.59 bits per heavy atom. The Morgan fingerprint density at radius 2 is 1.88 bits per heavy atom. The van der Waals surface area contributed by atoms with Crippen LogP contribution in [-0.2, 0) is 0 Å². The first-order valence-corrected chi connectivity index (χ1v) is 6.18. The predicted molar refractivity (Wildman–Crippen MR) is 68.6 cm³/mol. The Balaban J connectivity index is 2.03. The summed E-state index contributed by atoms with van der Waals surface area (Å²) in [7, 11) is 0. The molecule has 1 aliphatic carbocycles. The number of rotatable bonds is 3. The van der Waals surface area contributed by atoms with Crippen molar-refractivity contribution < 1.29 is 4.79 Å². The molecule has 0 radical (unpaired) electrons. The minimum absolute atomic E-state index is 0.0366. The highest BCUT2D eigenvalue weighted by atomic mass is 16.1. The number of carbonyl (C=O) groups is 1. The zero-order valence-electron chi connectivity index (χ0n) is 9.91. The van der Waals surface area contributed by atoms with Crippen LogP contribution in [0.5, 0.6) is 0 Å². The number of nitrogen functional groups attached to an aromatic ring is 1. The quantitative estimate of drug-likeness (QED) is 0.553. The molecule has 0 atom stereocenters. The molecule has 2 rings (SSSR count). The fraction of sp³-hybridized carbons (Fsp3) is 0.462. The number of hydrogen-bond acceptors (Lipinski definition) is 3. The summed E-state index contributed by atoms with van der Waals surface area (Å²) in [6.45, 7) is 0. The van der Waals surface area contributed by atoms with Crippen LogP contribution in [0.3, 0.4) is 0 Å². The molecule has 0 bridgehead atoms. The van der Waals surface area contributed by atoms with E-state index in [-0.39, 0.29) is 5.91 Å². The fourth-order valence-corrected chi connectivity index (χ4v) is 2.32. The summed E-state index contributed by atoms with van der Waals surface area (Å²) >= 11 is 0. The molecular weight excluding hydrogens is 214 g/mol. The van der Waals surface area contributed by atoms with Gasteiger partial charge in [-0.2, -0.15) is 0 Å². The molecule has 4 nitrogen and oxygen atoms in total. The van der Waals surface area contributed by atoms with Crippen LogP contribution in [0.4, 0.5) is 5.69 Å². The average Bonchev–Trinajstić information content (AvgIpc) is 2.40. The number of nitrogens with one attached hydrogen (secondary N) is 2. The first kappa shape index (κ1) is 11.9. The molecule has 17 heavy (non-hydrogen) atoms. The molecule has 1 fully saturated rings. The zero-order chi connectivity index (χ0) is 12.1. The third-order valence-corrected chi connectivity index (χ3v) is 3.27. The van der Waals surface area contributed by atoms with Crippen LogP contribution in [0.1, 0.15) is 42.5 Å². The molecule has 92 valence electrons. The molecule has 1 aromatic carbocycles. The van der Waals surface area contributed by atoms with Crippen molar-refractivity contribution in [2.45, 2.75) is 38.1 Å². The molecule has 0 aliphatic heterocycles. The summed E-state index contributed by atoms with van der Waals surface area (Å²) in [4.78, 5) is 12.1. The number of amides is 1. The van der Waals surface area contributed by atoms with Crippen molar-refractivity contribution in [3.63, 3.8) is 0 Å². The van der Waals surface area contributed by atoms with Crippen LogP contribution < -0.4 is 16.6 Å². The summed E-state index contributed by atoms with van der Waals surface area (Å²) in [6, 6.07) is 7.61. The molecule has 4 heteroatoms. The van der Waals surface area contributed by atoms with E-state index in [2.05, 4.69) is 10.7 Å². The molecule has 1 aliphatic rings. The number of nitrogens with two attached hydrogens (primary N) is 1. The van der Waals surface area contributed by atoms with E-state index < -0.39 is 0 Å². The fourth-order valence-electron chi connectivity index (χ4n) is 2.32. The first-order chi connectivity index (χ1) is 8.31. The zero-order valence-corrected chi connectivity index (χ0v) is 9.91. The van der Waals surface area contributed by atoms with E-state index in [0.29, 0.717) is 17.3 Å². The highest BCUT2D eigenvalue weighted by Crippen LogP contribution is 2.19. The second kappa shape index (κ2) is 5.68. The SMILES string of the molecule is NNc1ccccc1C(=O)NC1CCCCC1. The summed E-state index contributed by atoms with van der Waals surface area (Å²) < 4.78 is 0. The van der Waals surface area contributed by atoms with E-state index in [4.69, 9.17) is 5.84 Å². The van der Waals surface area contributed by atoms with Gasteiger partial charge in [-0.1, -0.05) is 31.4 Å². The Labute approximate surface area is 102 Å². The summed E-state index contributed by atoms with van der Waals surface area (Å²) in [5.74, 6) is 5.35. The molecule has 0 saturated heterocycles. The molecular formula is C13H19N3O. The van der Waals surface area contributed by atoms with Crippen LogP contribution >= 0.6 is 0 Å². The van der Waals surface area contributed by atoms with Crippen molar-refractivity contribution >= 4 is 11.6 Å². The van der Waals surface area contributed by atoms with Crippen molar-refractivity contribution in [3.05, 3.63) is 29.8 Å². The van der Waals surface area contributed by atoms with Gasteiger partial charge in [0.1, 0.15) is 0 Å². The topological polar surface area (TPSA) is 67.1 Å². The van der Waals surface area contributed by atoms with E-state index in [0.717, 1.165) is 12.8 Å². The van der Waals surface area contributed by atoms with Crippen molar-refractivity contribution in [1.82, 2.24) is 5.32 Å². The standard InChI is InChI=1S/C13H19N3O/c14-16-12-9-5-4-8-11(12)13(17)15-10-6-2-1-3-7-10/h4-5,8-10,16H,1-3,6-7,14H2,(H,15,17). The predicted octanol–water partition coefficient (Wildman–Crippen LogP) is 2.03. The van der Waals surface area contributed by atoms with Gasteiger partial charge < -0.3 is 10.7 Å². The van der Waals surface area contributed by atoms with Gasteiger partial charge in [-0.05, 0) is 25.0 Å². The molecule has 0 spiro atoms. The van der Waals surface area contributed by atoms with Crippen LogP contribution in [0.25, 0.3) is 0 Å². The lowest BCUT2D eigenvalue weighted by Crippen LogP contribution is -2.36. The summed E-state index contributed by atoms with van der Waals surface area (Å²) in [5.41, 5.74) is 3.83. The third-order valence-electron chi connectivity index (χ3n) is 3.27. The average molecular weight is 233 g/mol. The lowest BCUT2D eigenvalue weighted by molar-refractivity contribution is 0.0928. The van der Waals surface area contributed by atoms with Crippen LogP contribution in [-0.4, -0.2) is 11.9 Å². The second-order valence-corrected chi connectivity index (χ2v) is 4.50. The number of carbonyl (C=O) groups excluding carboxylic acids is 1. The number of hydrogen-bond donors (Lipinski definition) is 3. The van der Waals surface area contributed by atoms with Gasteiger partial charge in [0.2, 0.25) is 0 Å². The number of para-hydroxylation sites is 1. The molecule has 0 unspecified atom stereocenters. The van der Waals surface area contributed by atoms with Crippen molar-refractivity contribution in [2.75, 3.05) is 5.43 Å². The van der Waals surface area contributed by atoms with E-state index in [1.54, 1.807) is 12.1 Å². The van der Waals surface area contributed by atoms with Gasteiger partial charge in [0, 0.05) is 6.04 Å². The van der Waals surface area contributed by atoms with E-state index in [1.165, 1.54) is 19.3 Å². The largest absolute Gasteiger partial charge is 0.349 e. The van der Waals surface area contributed by atoms with Crippen LogP contribution in [0, 0.1) is 0 Å². The van der Waals surface area contributed by atoms with Gasteiger partial charge in [0.15, 0.2) is 0 Å². The Kier molecular flexibility index (Phi) is 3.98. The number of benzene rings is 1. The maximum Gasteiger partial charge on any atom is 0.253 e. The van der Waals surface area contributed by atoms with Crippen molar-refractivity contribution in [1.29, 1.82) is 0 Å². The summed E-state index contributed by atoms with van der Waals surface area (Å²) in [6.07, 6.45) is 5.88. The molecule has 1 amide bonds. The monoisotopic (exact) mass is 233 g/mol. The Hall–Kier alpha value is -1.55. The van der Waals surface area contributed by atoms with Crippen molar-refractivity contribution in [3.8, 4) is 0 Å². The highest BCUT2D eigenvalue weighted by Gasteiger charge is 2.17. The third kappa shape index (κ3) is 2.97. The first-order valence-electron chi connectivity index (χ1n) is 6.18. The van der Waals surface area contributed by atoms with Gasteiger partial charge in [-0.15, -0.1) is 0 Å². The normalized spacial score (nSPS) is 16.5. The smallest absolute Gasteiger partial charge is 0.253 e. The van der Waals surface area contributed by atoms with Gasteiger partial charge in [-0.25, -0.2) is 0 Å². The minimum Gasteiger partial charge on any atom is -0.349 e. The maximum atomic E-state index is 12.1. The van der Waals surface area contributed by atoms with Gasteiger partial charge in [0.25, 0.3) is 5.91 Å². The second-order valence-electron chi connectivity index (χ2n) is 4.50. The van der Waals surface area contributed by atoms with Gasteiger partial charge in [0.05, 0.1) is 11.3 Å². The van der Waals surface area contributed by atoms with Gasteiger partial charge in [-0.3, -0.25) is 10.6 Å². The number of anilines is 1. The lowest BCUT2D eigenvalue weighted by atomic mass is 9.95. The summed E-state index contributed by atoms with van der Waals surface area (Å²) in [5, 5.41) is 3.08. The van der Waals surface area contributed by atoms with E-state index >= 15 is 0 Å². The lowest BCUT2D eigenvalue weighted by Gasteiger charge is -2.23. The Bertz CT molecular complexity index is 386. The van der Waals surface area contributed by atoms with Crippen LogP contribution in [0.2, 0.25) is 0 Å². The molecule has 0 aromatic heterocycles. The van der Waals surface area contributed by atoms with Crippen LogP contribution in [0.15, 0.2) is 24.3 Å². The highest BCUT2D eigenvalue weighted by molar-refractivity contribution is 5.99. The molecule has 4 N–H and O–H groups in total. The minimum atomic E-state index is -0.0366. The van der Waals surface area contributed by atoms with E-state index in [9.17, 15) is 4.79 Å². The molecule has 1 aromatic rings. The number of hydrazine groups is 1. The Morgan fingerprint density at radius 1 is 1.18 bits per heavy atom.